The van der Waals surface area contributed by atoms with E-state index < -0.39 is 5.79 Å². The molecular formula is C15H19BrN2O5. The lowest BCUT2D eigenvalue weighted by Gasteiger charge is -2.20. The molecule has 0 saturated carbocycles. The van der Waals surface area contributed by atoms with Gasteiger partial charge in [-0.3, -0.25) is 4.79 Å². The van der Waals surface area contributed by atoms with Crippen LogP contribution in [0.5, 0.6) is 11.5 Å². The van der Waals surface area contributed by atoms with E-state index in [1.165, 1.54) is 6.21 Å². The maximum absolute atomic E-state index is 11.9. The Morgan fingerprint density at radius 2 is 2.00 bits per heavy atom. The number of ether oxygens (including phenoxy) is 4. The second kappa shape index (κ2) is 7.76. The summed E-state index contributed by atoms with van der Waals surface area (Å²) in [6, 6.07) is 3.52. The third-order valence-corrected chi connectivity index (χ3v) is 3.90. The Balaban J connectivity index is 1.99. The molecule has 0 aliphatic carbocycles. The summed E-state index contributed by atoms with van der Waals surface area (Å²) in [4.78, 5) is 11.9. The van der Waals surface area contributed by atoms with E-state index in [0.717, 1.165) is 4.47 Å². The molecule has 1 saturated heterocycles. The summed E-state index contributed by atoms with van der Waals surface area (Å²) >= 11 is 3.39. The number of methoxy groups -OCH3 is 2. The highest BCUT2D eigenvalue weighted by atomic mass is 79.9. The first-order valence-corrected chi connectivity index (χ1v) is 7.78. The van der Waals surface area contributed by atoms with Crippen LogP contribution in [0.4, 0.5) is 0 Å². The molecule has 126 valence electrons. The van der Waals surface area contributed by atoms with Gasteiger partial charge in [-0.15, -0.1) is 0 Å². The Hall–Kier alpha value is -1.64. The fourth-order valence-corrected chi connectivity index (χ4v) is 2.67. The van der Waals surface area contributed by atoms with E-state index in [1.807, 2.05) is 0 Å². The van der Waals surface area contributed by atoms with Gasteiger partial charge in [0.05, 0.1) is 44.5 Å². The lowest BCUT2D eigenvalue weighted by atomic mass is 10.2. The van der Waals surface area contributed by atoms with Gasteiger partial charge >= 0.3 is 0 Å². The molecule has 1 amide bonds. The Morgan fingerprint density at radius 3 is 2.61 bits per heavy atom. The normalized spacial score (nSPS) is 16.5. The van der Waals surface area contributed by atoms with Crippen LogP contribution in [-0.2, 0) is 14.3 Å². The van der Waals surface area contributed by atoms with Crippen molar-refractivity contribution in [3.05, 3.63) is 22.2 Å². The molecule has 0 bridgehead atoms. The van der Waals surface area contributed by atoms with E-state index >= 15 is 0 Å². The number of benzene rings is 1. The van der Waals surface area contributed by atoms with Gasteiger partial charge in [-0.25, -0.2) is 5.43 Å². The van der Waals surface area contributed by atoms with Gasteiger partial charge in [0.15, 0.2) is 5.79 Å². The minimum Gasteiger partial charge on any atom is -0.496 e. The zero-order chi connectivity index (χ0) is 16.9. The van der Waals surface area contributed by atoms with Crippen LogP contribution in [0.3, 0.4) is 0 Å². The predicted molar refractivity (Wildman–Crippen MR) is 87.9 cm³/mol. The summed E-state index contributed by atoms with van der Waals surface area (Å²) < 4.78 is 22.0. The van der Waals surface area contributed by atoms with Crippen LogP contribution in [-0.4, -0.2) is 45.3 Å². The third kappa shape index (κ3) is 4.66. The minimum atomic E-state index is -0.875. The van der Waals surface area contributed by atoms with E-state index in [9.17, 15) is 4.79 Å². The third-order valence-electron chi connectivity index (χ3n) is 3.28. The van der Waals surface area contributed by atoms with Crippen molar-refractivity contribution in [1.82, 2.24) is 5.43 Å². The van der Waals surface area contributed by atoms with Gasteiger partial charge < -0.3 is 18.9 Å². The van der Waals surface area contributed by atoms with E-state index in [0.29, 0.717) is 30.3 Å². The molecule has 1 aliphatic heterocycles. The van der Waals surface area contributed by atoms with Crippen molar-refractivity contribution in [2.24, 2.45) is 5.10 Å². The van der Waals surface area contributed by atoms with Crippen molar-refractivity contribution in [2.45, 2.75) is 19.1 Å². The van der Waals surface area contributed by atoms with Gasteiger partial charge in [0.2, 0.25) is 5.91 Å². The minimum absolute atomic E-state index is 0.0772. The lowest BCUT2D eigenvalue weighted by molar-refractivity contribution is -0.159. The molecule has 1 fully saturated rings. The molecule has 0 unspecified atom stereocenters. The molecule has 1 heterocycles. The van der Waals surface area contributed by atoms with Crippen molar-refractivity contribution in [3.8, 4) is 11.5 Å². The second-order valence-electron chi connectivity index (χ2n) is 5.03. The number of rotatable bonds is 6. The quantitative estimate of drug-likeness (QED) is 0.597. The number of halogens is 1. The number of hydrazone groups is 1. The highest BCUT2D eigenvalue weighted by molar-refractivity contribution is 9.10. The Labute approximate surface area is 143 Å². The number of hydrogen-bond acceptors (Lipinski definition) is 6. The fourth-order valence-electron chi connectivity index (χ4n) is 2.15. The van der Waals surface area contributed by atoms with Crippen molar-refractivity contribution in [3.63, 3.8) is 0 Å². The number of amides is 1. The number of carbonyl (C=O) groups is 1. The summed E-state index contributed by atoms with van der Waals surface area (Å²) in [5.74, 6) is 0.0571. The van der Waals surface area contributed by atoms with Crippen LogP contribution in [0, 0.1) is 0 Å². The van der Waals surface area contributed by atoms with Crippen molar-refractivity contribution in [1.29, 1.82) is 0 Å². The van der Waals surface area contributed by atoms with Crippen LogP contribution < -0.4 is 14.9 Å². The Kier molecular flexibility index (Phi) is 5.97. The van der Waals surface area contributed by atoms with E-state index in [-0.39, 0.29) is 12.3 Å². The Morgan fingerprint density at radius 1 is 1.35 bits per heavy atom. The van der Waals surface area contributed by atoms with Gasteiger partial charge in [-0.1, -0.05) is 0 Å². The summed E-state index contributed by atoms with van der Waals surface area (Å²) in [6.45, 7) is 2.71. The average molecular weight is 387 g/mol. The van der Waals surface area contributed by atoms with Crippen LogP contribution in [0.25, 0.3) is 0 Å². The Bertz CT molecular complexity index is 600. The number of nitrogens with zero attached hydrogens (tertiary/aromatic N) is 1. The van der Waals surface area contributed by atoms with Crippen LogP contribution >= 0.6 is 15.9 Å². The maximum Gasteiger partial charge on any atom is 0.245 e. The summed E-state index contributed by atoms with van der Waals surface area (Å²) in [5, 5.41) is 3.94. The first kappa shape index (κ1) is 17.7. The van der Waals surface area contributed by atoms with Crippen LogP contribution in [0.15, 0.2) is 21.7 Å². The molecule has 23 heavy (non-hydrogen) atoms. The van der Waals surface area contributed by atoms with Gasteiger partial charge in [-0.05, 0) is 28.9 Å². The van der Waals surface area contributed by atoms with E-state index in [1.54, 1.807) is 33.3 Å². The smallest absolute Gasteiger partial charge is 0.245 e. The molecule has 8 heteroatoms. The molecular weight excluding hydrogens is 368 g/mol. The number of hydrogen-bond donors (Lipinski definition) is 1. The molecule has 1 aromatic rings. The lowest BCUT2D eigenvalue weighted by Crippen LogP contribution is -2.33. The van der Waals surface area contributed by atoms with Crippen LogP contribution in [0.1, 0.15) is 18.9 Å². The average Bonchev–Trinajstić information content (AvgIpc) is 2.93. The number of nitrogens with one attached hydrogen (secondary N) is 1. The number of carbonyl (C=O) groups excluding carboxylic acids is 1. The van der Waals surface area contributed by atoms with Gasteiger partial charge in [0.1, 0.15) is 11.5 Å². The van der Waals surface area contributed by atoms with Gasteiger partial charge in [-0.2, -0.15) is 5.10 Å². The molecule has 0 radical (unpaired) electrons. The predicted octanol–water partition coefficient (Wildman–Crippen LogP) is 2.07. The highest BCUT2D eigenvalue weighted by Crippen LogP contribution is 2.31. The summed E-state index contributed by atoms with van der Waals surface area (Å²) in [7, 11) is 3.12. The molecule has 0 aromatic heterocycles. The fraction of sp³-hybridized carbons (Fsp3) is 0.467. The summed E-state index contributed by atoms with van der Waals surface area (Å²) in [6.07, 6.45) is 1.58. The van der Waals surface area contributed by atoms with Crippen molar-refractivity contribution < 1.29 is 23.7 Å². The molecule has 0 atom stereocenters. The molecule has 1 aromatic carbocycles. The van der Waals surface area contributed by atoms with Gasteiger partial charge in [0, 0.05) is 11.6 Å². The molecule has 1 N–H and O–H groups in total. The van der Waals surface area contributed by atoms with E-state index in [2.05, 4.69) is 26.5 Å². The standard InChI is InChI=1S/C15H19BrN2O5/c1-15(22-4-5-23-15)8-14(19)18-17-9-10-6-11(16)13(21-3)7-12(10)20-2/h6-7,9H,4-5,8H2,1-3H3,(H,18,19)/b17-9-. The monoisotopic (exact) mass is 386 g/mol. The van der Waals surface area contributed by atoms with E-state index in [4.69, 9.17) is 18.9 Å². The summed E-state index contributed by atoms with van der Waals surface area (Å²) in [5.41, 5.74) is 3.15. The van der Waals surface area contributed by atoms with Gasteiger partial charge in [0.25, 0.3) is 0 Å². The molecule has 1 aliphatic rings. The van der Waals surface area contributed by atoms with Crippen LogP contribution in [0.2, 0.25) is 0 Å². The molecule has 2 rings (SSSR count). The van der Waals surface area contributed by atoms with Crippen molar-refractivity contribution in [2.75, 3.05) is 27.4 Å². The topological polar surface area (TPSA) is 78.4 Å². The van der Waals surface area contributed by atoms with Crippen molar-refractivity contribution >= 4 is 28.1 Å². The zero-order valence-corrected chi connectivity index (χ0v) is 14.8. The largest absolute Gasteiger partial charge is 0.496 e. The second-order valence-corrected chi connectivity index (χ2v) is 5.88. The SMILES string of the molecule is COc1cc(OC)c(/C=N\NC(=O)CC2(C)OCCO2)cc1Br. The first-order chi connectivity index (χ1) is 11.0. The highest BCUT2D eigenvalue weighted by Gasteiger charge is 2.33. The maximum atomic E-state index is 11.9. The molecule has 7 nitrogen and oxygen atoms in total. The zero-order valence-electron chi connectivity index (χ0n) is 13.2. The molecule has 0 spiro atoms. The first-order valence-electron chi connectivity index (χ1n) is 6.99.